The van der Waals surface area contributed by atoms with E-state index < -0.39 is 5.97 Å². The first-order valence-corrected chi connectivity index (χ1v) is 13.5. The van der Waals surface area contributed by atoms with Gasteiger partial charge in [0.2, 0.25) is 5.88 Å². The molecule has 9 nitrogen and oxygen atoms in total. The number of nitrogens with zero attached hydrogens (tertiary/aromatic N) is 5. The van der Waals surface area contributed by atoms with Gasteiger partial charge in [-0.3, -0.25) is 4.79 Å². The van der Waals surface area contributed by atoms with Crippen LogP contribution < -0.4 is 10.1 Å². The Morgan fingerprint density at radius 1 is 1.15 bits per heavy atom. The van der Waals surface area contributed by atoms with Crippen LogP contribution in [0.15, 0.2) is 60.8 Å². The van der Waals surface area contributed by atoms with Crippen LogP contribution in [0.3, 0.4) is 0 Å². The molecule has 2 N–H and O–H groups in total. The molecule has 5 rings (SSSR count). The number of hydrogen-bond acceptors (Lipinski definition) is 7. The fourth-order valence-electron chi connectivity index (χ4n) is 5.14. The predicted molar refractivity (Wildman–Crippen MR) is 151 cm³/mol. The van der Waals surface area contributed by atoms with E-state index in [1.54, 1.807) is 31.5 Å². The Balaban J connectivity index is 1.38. The zero-order valence-electron chi connectivity index (χ0n) is 22.5. The number of hydrogen-bond donors (Lipinski definition) is 2. The fourth-order valence-corrected chi connectivity index (χ4v) is 5.14. The topological polar surface area (TPSA) is 126 Å². The highest BCUT2D eigenvalue weighted by Crippen LogP contribution is 2.27. The van der Waals surface area contributed by atoms with Crippen molar-refractivity contribution in [2.75, 3.05) is 19.0 Å². The van der Waals surface area contributed by atoms with E-state index >= 15 is 0 Å². The first kappa shape index (κ1) is 26.9. The van der Waals surface area contributed by atoms with Gasteiger partial charge < -0.3 is 15.2 Å². The minimum atomic E-state index is -0.875. The summed E-state index contributed by atoms with van der Waals surface area (Å²) in [5, 5.41) is 27.1. The highest BCUT2D eigenvalue weighted by Gasteiger charge is 2.20. The standard InChI is InChI=1S/C31H32N6O3/c1-40-29-14-10-23(20-34-29)24(17-30(38)39)16-26-18-28(37(36-26)27-12-7-21(19-32)8-13-27)6-2-5-25-11-9-22-4-3-15-33-31(22)35-25/h7-14,18,20,24H,2-6,15-17H2,1H3,(H,33,35)(H,38,39). The molecular formula is C31H32N6O3. The molecule has 0 fully saturated rings. The average Bonchev–Trinajstić information content (AvgIpc) is 3.39. The molecule has 1 aliphatic rings. The quantitative estimate of drug-likeness (QED) is 0.278. The number of aliphatic carboxylic acids is 1. The number of nitriles is 1. The number of ether oxygens (including phenoxy) is 1. The molecule has 0 spiro atoms. The van der Waals surface area contributed by atoms with E-state index in [9.17, 15) is 15.2 Å². The third kappa shape index (κ3) is 6.46. The van der Waals surface area contributed by atoms with Gasteiger partial charge >= 0.3 is 5.97 Å². The lowest BCUT2D eigenvalue weighted by Gasteiger charge is -2.17. The van der Waals surface area contributed by atoms with Crippen LogP contribution in [0, 0.1) is 11.3 Å². The van der Waals surface area contributed by atoms with Crippen molar-refractivity contribution in [2.24, 2.45) is 0 Å². The van der Waals surface area contributed by atoms with Crippen molar-refractivity contribution in [3.8, 4) is 17.6 Å². The number of benzene rings is 1. The second-order valence-corrected chi connectivity index (χ2v) is 10.0. The van der Waals surface area contributed by atoms with Crippen LogP contribution in [0.5, 0.6) is 5.88 Å². The molecule has 1 atom stereocenters. The molecule has 0 saturated heterocycles. The van der Waals surface area contributed by atoms with Gasteiger partial charge in [-0.1, -0.05) is 12.1 Å². The summed E-state index contributed by atoms with van der Waals surface area (Å²) in [5.74, 6) is 0.320. The summed E-state index contributed by atoms with van der Waals surface area (Å²) < 4.78 is 7.06. The zero-order valence-corrected chi connectivity index (χ0v) is 22.5. The van der Waals surface area contributed by atoms with Crippen molar-refractivity contribution in [1.29, 1.82) is 5.26 Å². The monoisotopic (exact) mass is 536 g/mol. The van der Waals surface area contributed by atoms with E-state index in [1.165, 1.54) is 5.56 Å². The molecule has 4 aromatic rings. The summed E-state index contributed by atoms with van der Waals surface area (Å²) in [5.41, 5.74) is 6.43. The molecule has 0 saturated carbocycles. The molecule has 0 aliphatic carbocycles. The van der Waals surface area contributed by atoms with E-state index in [1.807, 2.05) is 22.9 Å². The number of rotatable bonds is 11. The second-order valence-electron chi connectivity index (χ2n) is 10.0. The molecule has 0 radical (unpaired) electrons. The van der Waals surface area contributed by atoms with Crippen molar-refractivity contribution in [3.05, 3.63) is 94.6 Å². The SMILES string of the molecule is COc1ccc(C(CC(=O)O)Cc2cc(CCCc3ccc4c(n3)NCCC4)n(-c3ccc(C#N)cc3)n2)cn1. The summed E-state index contributed by atoms with van der Waals surface area (Å²) >= 11 is 0. The van der Waals surface area contributed by atoms with Crippen molar-refractivity contribution in [3.63, 3.8) is 0 Å². The molecule has 0 bridgehead atoms. The van der Waals surface area contributed by atoms with Crippen molar-refractivity contribution in [2.45, 2.75) is 50.9 Å². The van der Waals surface area contributed by atoms with Crippen LogP contribution in [0.25, 0.3) is 5.69 Å². The minimum absolute atomic E-state index is 0.0366. The van der Waals surface area contributed by atoms with Gasteiger partial charge in [-0.2, -0.15) is 10.4 Å². The zero-order chi connectivity index (χ0) is 27.9. The lowest BCUT2D eigenvalue weighted by molar-refractivity contribution is -0.137. The van der Waals surface area contributed by atoms with Gasteiger partial charge in [0.25, 0.3) is 0 Å². The molecule has 0 amide bonds. The Kier molecular flexibility index (Phi) is 8.35. The number of carbonyl (C=O) groups is 1. The number of carboxylic acids is 1. The Labute approximate surface area is 233 Å². The number of methoxy groups -OCH3 is 1. The second kappa shape index (κ2) is 12.4. The molecule has 9 heteroatoms. The summed E-state index contributed by atoms with van der Waals surface area (Å²) in [6.45, 7) is 0.964. The number of fused-ring (bicyclic) bond motifs is 1. The predicted octanol–water partition coefficient (Wildman–Crippen LogP) is 4.88. The minimum Gasteiger partial charge on any atom is -0.481 e. The lowest BCUT2D eigenvalue weighted by Crippen LogP contribution is -2.14. The van der Waals surface area contributed by atoms with Gasteiger partial charge in [-0.15, -0.1) is 0 Å². The van der Waals surface area contributed by atoms with Gasteiger partial charge in [-0.25, -0.2) is 14.6 Å². The van der Waals surface area contributed by atoms with Gasteiger partial charge in [0.15, 0.2) is 0 Å². The molecule has 204 valence electrons. The number of anilines is 1. The van der Waals surface area contributed by atoms with Gasteiger partial charge in [0, 0.05) is 36.1 Å². The highest BCUT2D eigenvalue weighted by atomic mass is 16.5. The maximum atomic E-state index is 11.7. The lowest BCUT2D eigenvalue weighted by atomic mass is 9.92. The molecular weight excluding hydrogens is 504 g/mol. The largest absolute Gasteiger partial charge is 0.481 e. The van der Waals surface area contributed by atoms with Crippen LogP contribution in [-0.4, -0.2) is 44.5 Å². The molecule has 1 aromatic carbocycles. The van der Waals surface area contributed by atoms with Crippen LogP contribution in [0.1, 0.15) is 59.0 Å². The Bertz CT molecular complexity index is 1510. The number of aryl methyl sites for hydroxylation is 3. The van der Waals surface area contributed by atoms with Crippen molar-refractivity contribution >= 4 is 11.8 Å². The molecule has 3 aromatic heterocycles. The van der Waals surface area contributed by atoms with Crippen LogP contribution >= 0.6 is 0 Å². The molecule has 4 heterocycles. The first-order valence-electron chi connectivity index (χ1n) is 13.5. The van der Waals surface area contributed by atoms with Gasteiger partial charge in [0.1, 0.15) is 5.82 Å². The smallest absolute Gasteiger partial charge is 0.303 e. The summed E-state index contributed by atoms with van der Waals surface area (Å²) in [4.78, 5) is 20.8. The molecule has 1 unspecified atom stereocenters. The van der Waals surface area contributed by atoms with E-state index in [4.69, 9.17) is 14.8 Å². The Morgan fingerprint density at radius 2 is 2.00 bits per heavy atom. The third-order valence-electron chi connectivity index (χ3n) is 7.21. The summed E-state index contributed by atoms with van der Waals surface area (Å²) in [6, 6.07) is 19.5. The maximum Gasteiger partial charge on any atom is 0.303 e. The number of carboxylic acid groups (broad SMARTS) is 1. The van der Waals surface area contributed by atoms with E-state index in [0.29, 0.717) is 17.9 Å². The van der Waals surface area contributed by atoms with Gasteiger partial charge in [0.05, 0.1) is 36.5 Å². The van der Waals surface area contributed by atoms with Crippen LogP contribution in [0.2, 0.25) is 0 Å². The summed E-state index contributed by atoms with van der Waals surface area (Å²) in [6.07, 6.45) is 6.78. The summed E-state index contributed by atoms with van der Waals surface area (Å²) in [7, 11) is 1.55. The molecule has 1 aliphatic heterocycles. The number of pyridine rings is 2. The Hall–Kier alpha value is -4.71. The number of aromatic nitrogens is 4. The van der Waals surface area contributed by atoms with E-state index in [-0.39, 0.29) is 12.3 Å². The van der Waals surface area contributed by atoms with Crippen molar-refractivity contribution in [1.82, 2.24) is 19.7 Å². The van der Waals surface area contributed by atoms with Gasteiger partial charge in [-0.05, 0) is 86.1 Å². The van der Waals surface area contributed by atoms with E-state index in [0.717, 1.165) is 72.8 Å². The van der Waals surface area contributed by atoms with Crippen molar-refractivity contribution < 1.29 is 14.6 Å². The fraction of sp³-hybridized carbons (Fsp3) is 0.323. The normalized spacial score (nSPS) is 13.1. The molecule has 40 heavy (non-hydrogen) atoms. The maximum absolute atomic E-state index is 11.7. The van der Waals surface area contributed by atoms with Crippen LogP contribution in [0.4, 0.5) is 5.82 Å². The Morgan fingerprint density at radius 3 is 2.73 bits per heavy atom. The average molecular weight is 537 g/mol. The number of nitrogens with one attached hydrogen (secondary N) is 1. The first-order chi connectivity index (χ1) is 19.5. The third-order valence-corrected chi connectivity index (χ3v) is 7.21. The van der Waals surface area contributed by atoms with Crippen LogP contribution in [-0.2, 0) is 30.5 Å². The van der Waals surface area contributed by atoms with E-state index in [2.05, 4.69) is 34.6 Å². The highest BCUT2D eigenvalue weighted by molar-refractivity contribution is 5.68.